The van der Waals surface area contributed by atoms with E-state index in [0.717, 1.165) is 76.2 Å². The SMILES string of the molecule is CC(=O)N/C(=C(/OC(C)=O)C(CCOC(C)=O)OC(C)=O)C(O)OCCCCC(=O)NCCCC(=O)NCCCN(CCCCNCCCNC(=O)CCCNC(=O)CCCCOC(O)C(NC(C)=O)C(OC(C)=O)C(CCOC(C)=O)OC(C)=O)C(=O)CCCNC(=O)CCCCOC(O)/C(NC(C)=O)=C(\OC(C)=O)C(CCOC(C)=O)OC(C)=O. The quantitative estimate of drug-likeness (QED) is 0.0128. The monoisotopic (exact) mass is 1750 g/mol. The van der Waals surface area contributed by atoms with Crippen LogP contribution >= 0.6 is 0 Å². The number of aliphatic hydroxyl groups is 3. The van der Waals surface area contributed by atoms with Gasteiger partial charge < -0.3 is 125 Å². The van der Waals surface area contributed by atoms with Gasteiger partial charge in [-0.3, -0.25) is 86.3 Å². The summed E-state index contributed by atoms with van der Waals surface area (Å²) >= 11 is 0. The first-order chi connectivity index (χ1) is 57.7. The van der Waals surface area contributed by atoms with Crippen LogP contribution in [0.15, 0.2) is 22.9 Å². The molecule has 122 heavy (non-hydrogen) atoms. The van der Waals surface area contributed by atoms with E-state index in [9.17, 15) is 102 Å². The topological polar surface area (TPSA) is 590 Å². The summed E-state index contributed by atoms with van der Waals surface area (Å²) in [7, 11) is 0. The van der Waals surface area contributed by atoms with Crippen molar-refractivity contribution in [2.45, 2.75) is 274 Å². The third kappa shape index (κ3) is 59.4. The highest BCUT2D eigenvalue weighted by molar-refractivity contribution is 5.80. The Labute approximate surface area is 710 Å². The first kappa shape index (κ1) is 112. The molecule has 8 unspecified atom stereocenters. The summed E-state index contributed by atoms with van der Waals surface area (Å²) in [6, 6.07) is -1.42. The Morgan fingerprint density at radius 3 is 1.05 bits per heavy atom. The number of amides is 9. The van der Waals surface area contributed by atoms with Crippen molar-refractivity contribution in [2.24, 2.45) is 0 Å². The molecule has 9 amide bonds. The lowest BCUT2D eigenvalue weighted by molar-refractivity contribution is -0.189. The highest BCUT2D eigenvalue weighted by atomic mass is 16.6. The minimum Gasteiger partial charge on any atom is -0.466 e. The molecule has 0 bridgehead atoms. The Balaban J connectivity index is 5.54. The first-order valence-electron chi connectivity index (χ1n) is 40.7. The van der Waals surface area contributed by atoms with Crippen LogP contribution in [0.4, 0.5) is 0 Å². The summed E-state index contributed by atoms with van der Waals surface area (Å²) in [5, 5.41) is 57.5. The lowest BCUT2D eigenvalue weighted by Crippen LogP contribution is -2.57. The van der Waals surface area contributed by atoms with Gasteiger partial charge in [0.1, 0.15) is 23.5 Å². The van der Waals surface area contributed by atoms with Crippen molar-refractivity contribution in [3.63, 3.8) is 0 Å². The Kier molecular flexibility index (Phi) is 61.6. The number of esters is 9. The number of hydrogen-bond donors (Lipinski definition) is 12. The van der Waals surface area contributed by atoms with Gasteiger partial charge in [0.05, 0.1) is 33.0 Å². The average Bonchev–Trinajstić information content (AvgIpc) is 0.849. The number of nitrogens with one attached hydrogen (secondary N) is 9. The molecule has 694 valence electrons. The van der Waals surface area contributed by atoms with Crippen LogP contribution < -0.4 is 47.9 Å². The van der Waals surface area contributed by atoms with Crippen molar-refractivity contribution in [3.8, 4) is 0 Å². The summed E-state index contributed by atoms with van der Waals surface area (Å²) in [4.78, 5) is 222. The van der Waals surface area contributed by atoms with E-state index in [1.165, 1.54) is 6.92 Å². The zero-order chi connectivity index (χ0) is 91.9. The molecule has 8 atom stereocenters. The van der Waals surface area contributed by atoms with E-state index in [1.54, 1.807) is 4.90 Å². The van der Waals surface area contributed by atoms with Gasteiger partial charge in [0.15, 0.2) is 48.7 Å². The standard InChI is InChI=1S/C79H130N10O33/c1-50(90)86-71(74(120-59(10)99)62(117-56(7)96)32-47-111-53(4)93)77(108)114-44-18-13-26-65(102)81-37-21-29-68(105)84-40-24-36-80-35-16-17-42-89(70(107)31-23-39-83-67(104)28-15-20-46-116-79(110)73(88-52(3)92)76(122-61(12)101)64(119-58(9)98)34-49-113-55(6)95)43-25-41-85-69(106)30-22-38-82-66(103)27-14-19-45-115-78(109)72(87-51(2)91)75(121-60(11)100)63(118-57(8)97)33-48-112-54(5)94/h62-64,71,74,77-80,108-110H,13-49H2,1-12H3,(H,81,102)(H,82,103)(H,83,104)(H,84,105)(H,85,106)(H,86,90)(H,87,91)(H,88,92)/b75-72+,76-73+. The average molecular weight is 1750 g/mol. The van der Waals surface area contributed by atoms with E-state index in [2.05, 4.69) is 47.9 Å². The third-order valence-corrected chi connectivity index (χ3v) is 16.5. The fraction of sp³-hybridized carbons (Fsp3) is 0.722. The Bertz CT molecular complexity index is 3390. The van der Waals surface area contributed by atoms with Gasteiger partial charge in [-0.1, -0.05) is 0 Å². The second-order valence-electron chi connectivity index (χ2n) is 27.8. The van der Waals surface area contributed by atoms with Crippen molar-refractivity contribution < 1.29 is 158 Å². The molecule has 43 heteroatoms. The van der Waals surface area contributed by atoms with E-state index >= 15 is 0 Å². The summed E-state index contributed by atoms with van der Waals surface area (Å²) in [6.45, 7) is 15.0. The fourth-order valence-electron chi connectivity index (χ4n) is 11.2. The van der Waals surface area contributed by atoms with E-state index in [1.807, 2.05) is 0 Å². The predicted octanol–water partition coefficient (Wildman–Crippen LogP) is 0.315. The van der Waals surface area contributed by atoms with Gasteiger partial charge in [-0.25, -0.2) is 0 Å². The molecule has 0 aliphatic heterocycles. The lowest BCUT2D eigenvalue weighted by Gasteiger charge is -2.35. The molecular formula is C79H130N10O33. The van der Waals surface area contributed by atoms with E-state index < -0.39 is 144 Å². The van der Waals surface area contributed by atoms with Crippen LogP contribution in [-0.4, -0.2) is 275 Å². The number of rotatable bonds is 68. The van der Waals surface area contributed by atoms with Crippen LogP contribution in [0.1, 0.15) is 224 Å². The molecule has 0 aromatic carbocycles. The van der Waals surface area contributed by atoms with Crippen LogP contribution in [0.2, 0.25) is 0 Å². The van der Waals surface area contributed by atoms with Crippen LogP contribution in [0.3, 0.4) is 0 Å². The van der Waals surface area contributed by atoms with Crippen LogP contribution in [0.25, 0.3) is 0 Å². The van der Waals surface area contributed by atoms with Gasteiger partial charge in [-0.05, 0) is 96.6 Å². The molecule has 0 aliphatic rings. The maximum atomic E-state index is 13.7. The van der Waals surface area contributed by atoms with Crippen molar-refractivity contribution in [2.75, 3.05) is 98.5 Å². The molecule has 0 radical (unpaired) electrons. The molecule has 43 nitrogen and oxygen atoms in total. The number of nitrogens with zero attached hydrogens (tertiary/aromatic N) is 1. The molecule has 0 saturated heterocycles. The summed E-state index contributed by atoms with van der Waals surface area (Å²) in [6.07, 6.45) is -6.38. The molecule has 0 fully saturated rings. The smallest absolute Gasteiger partial charge is 0.307 e. The molecular weight excluding hydrogens is 1620 g/mol. The Morgan fingerprint density at radius 2 is 0.672 bits per heavy atom. The van der Waals surface area contributed by atoms with E-state index in [4.69, 9.17) is 56.8 Å². The fourth-order valence-corrected chi connectivity index (χ4v) is 11.2. The first-order valence-corrected chi connectivity index (χ1v) is 40.7. The number of hydrogen-bond acceptors (Lipinski definition) is 34. The number of unbranched alkanes of at least 4 members (excludes halogenated alkanes) is 4. The normalized spacial score (nSPS) is 13.3. The molecule has 0 heterocycles. The summed E-state index contributed by atoms with van der Waals surface area (Å²) < 4.78 is 63.2. The maximum absolute atomic E-state index is 13.7. The molecule has 0 aromatic rings. The third-order valence-electron chi connectivity index (χ3n) is 16.5. The molecule has 12 N–H and O–H groups in total. The van der Waals surface area contributed by atoms with E-state index in [-0.39, 0.29) is 198 Å². The van der Waals surface area contributed by atoms with Crippen molar-refractivity contribution in [3.05, 3.63) is 22.9 Å². The number of carbonyl (C=O) groups excluding carboxylic acids is 18. The molecule has 0 spiro atoms. The molecule has 0 rings (SSSR count). The Morgan fingerprint density at radius 1 is 0.320 bits per heavy atom. The van der Waals surface area contributed by atoms with Crippen molar-refractivity contribution in [1.82, 2.24) is 52.8 Å². The zero-order valence-electron chi connectivity index (χ0n) is 72.3. The molecule has 0 saturated carbocycles. The lowest BCUT2D eigenvalue weighted by atomic mass is 10.0. The van der Waals surface area contributed by atoms with Crippen LogP contribution in [-0.2, 0) is 143 Å². The highest BCUT2D eigenvalue weighted by Crippen LogP contribution is 2.24. The molecule has 0 aromatic heterocycles. The summed E-state index contributed by atoms with van der Waals surface area (Å²) in [5.41, 5.74) is -0.890. The maximum Gasteiger partial charge on any atom is 0.307 e. The molecule has 0 aliphatic carbocycles. The number of ether oxygens (including phenoxy) is 12. The predicted molar refractivity (Wildman–Crippen MR) is 427 cm³/mol. The van der Waals surface area contributed by atoms with Crippen molar-refractivity contribution in [1.29, 1.82) is 0 Å². The van der Waals surface area contributed by atoms with Gasteiger partial charge >= 0.3 is 53.7 Å². The summed E-state index contributed by atoms with van der Waals surface area (Å²) in [5.74, 6) is -11.6. The van der Waals surface area contributed by atoms with Gasteiger partial charge in [0, 0.05) is 193 Å². The second kappa shape index (κ2) is 67.3. The minimum atomic E-state index is -1.92. The van der Waals surface area contributed by atoms with Crippen LogP contribution in [0, 0.1) is 0 Å². The van der Waals surface area contributed by atoms with Crippen molar-refractivity contribution >= 4 is 107 Å². The van der Waals surface area contributed by atoms with Gasteiger partial charge in [0.25, 0.3) is 0 Å². The van der Waals surface area contributed by atoms with Crippen LogP contribution in [0.5, 0.6) is 0 Å². The van der Waals surface area contributed by atoms with Gasteiger partial charge in [0.2, 0.25) is 53.2 Å². The second-order valence-corrected chi connectivity index (χ2v) is 27.8. The highest BCUT2D eigenvalue weighted by Gasteiger charge is 2.41. The number of aliphatic hydroxyl groups excluding tert-OH is 3. The minimum absolute atomic E-state index is 0.0314. The Hall–Kier alpha value is -10.3. The number of carbonyl (C=O) groups is 18. The van der Waals surface area contributed by atoms with Gasteiger partial charge in [-0.15, -0.1) is 0 Å². The zero-order valence-corrected chi connectivity index (χ0v) is 72.3. The largest absolute Gasteiger partial charge is 0.466 e. The van der Waals surface area contributed by atoms with E-state index in [0.29, 0.717) is 77.7 Å². The van der Waals surface area contributed by atoms with Gasteiger partial charge in [-0.2, -0.15) is 0 Å².